The zero-order chi connectivity index (χ0) is 10.7. The number of ether oxygens (including phenoxy) is 1. The molecule has 1 rings (SSSR count). The molecule has 0 N–H and O–H groups in total. The van der Waals surface area contributed by atoms with Crippen LogP contribution in [-0.2, 0) is 10.1 Å². The molecule has 0 radical (unpaired) electrons. The number of rotatable bonds is 2. The second kappa shape index (κ2) is 4.94. The van der Waals surface area contributed by atoms with Crippen molar-refractivity contribution in [3.05, 3.63) is 27.7 Å². The van der Waals surface area contributed by atoms with Crippen LogP contribution < -0.4 is 4.74 Å². The van der Waals surface area contributed by atoms with Gasteiger partial charge in [0.1, 0.15) is 5.75 Å². The van der Waals surface area contributed by atoms with Crippen molar-refractivity contribution in [2.75, 3.05) is 0 Å². The molecule has 1 aromatic rings. The van der Waals surface area contributed by atoms with Crippen LogP contribution in [0.25, 0.3) is 0 Å². The van der Waals surface area contributed by atoms with Crippen molar-refractivity contribution in [2.45, 2.75) is 19.2 Å². The van der Waals surface area contributed by atoms with Gasteiger partial charge in [-0.25, -0.2) is 0 Å². The van der Waals surface area contributed by atoms with Crippen LogP contribution in [-0.4, -0.2) is 5.97 Å². The Kier molecular flexibility index (Phi) is 4.13. The summed E-state index contributed by atoms with van der Waals surface area (Å²) in [5.41, 5.74) is 2.08. The lowest BCUT2D eigenvalue weighted by Gasteiger charge is -2.10. The van der Waals surface area contributed by atoms with Gasteiger partial charge in [0.15, 0.2) is 0 Å². The van der Waals surface area contributed by atoms with E-state index >= 15 is 0 Å². The van der Waals surface area contributed by atoms with E-state index in [0.717, 1.165) is 15.6 Å². The molecule has 0 aromatic heterocycles. The smallest absolute Gasteiger partial charge is 0.308 e. The van der Waals surface area contributed by atoms with Gasteiger partial charge in [0, 0.05) is 22.3 Å². The van der Waals surface area contributed by atoms with Crippen LogP contribution in [0, 0.1) is 6.92 Å². The van der Waals surface area contributed by atoms with E-state index in [9.17, 15) is 4.79 Å². The summed E-state index contributed by atoms with van der Waals surface area (Å²) in [7, 11) is 0. The lowest BCUT2D eigenvalue weighted by molar-refractivity contribution is -0.131. The van der Waals surface area contributed by atoms with Gasteiger partial charge in [0.25, 0.3) is 0 Å². The minimum Gasteiger partial charge on any atom is -0.426 e. The zero-order valence-corrected chi connectivity index (χ0v) is 11.1. The first kappa shape index (κ1) is 11.7. The van der Waals surface area contributed by atoms with Gasteiger partial charge in [-0.1, -0.05) is 31.9 Å². The van der Waals surface area contributed by atoms with Crippen molar-refractivity contribution in [3.63, 3.8) is 0 Å². The Morgan fingerprint density at radius 2 is 2.14 bits per heavy atom. The highest BCUT2D eigenvalue weighted by molar-refractivity contribution is 9.10. The summed E-state index contributed by atoms with van der Waals surface area (Å²) in [4.78, 5) is 10.8. The second-order valence-corrected chi connectivity index (χ2v) is 4.29. The topological polar surface area (TPSA) is 26.3 Å². The fourth-order valence-electron chi connectivity index (χ4n) is 1.12. The van der Waals surface area contributed by atoms with Crippen LogP contribution in [0.4, 0.5) is 0 Å². The number of hydrogen-bond acceptors (Lipinski definition) is 2. The van der Waals surface area contributed by atoms with E-state index in [1.165, 1.54) is 6.92 Å². The van der Waals surface area contributed by atoms with Crippen LogP contribution in [0.3, 0.4) is 0 Å². The zero-order valence-electron chi connectivity index (χ0n) is 7.93. The summed E-state index contributed by atoms with van der Waals surface area (Å²) < 4.78 is 6.10. The highest BCUT2D eigenvalue weighted by atomic mass is 79.9. The lowest BCUT2D eigenvalue weighted by Crippen LogP contribution is -2.04. The van der Waals surface area contributed by atoms with Crippen LogP contribution in [0.2, 0.25) is 0 Å². The largest absolute Gasteiger partial charge is 0.426 e. The Balaban J connectivity index is 3.17. The molecule has 0 aliphatic rings. The van der Waals surface area contributed by atoms with Gasteiger partial charge in [-0.05, 0) is 24.6 Å². The second-order valence-electron chi connectivity index (χ2n) is 2.88. The first-order valence-corrected chi connectivity index (χ1v) is 6.00. The average Bonchev–Trinajstić information content (AvgIpc) is 2.11. The molecule has 0 amide bonds. The molecule has 0 atom stereocenters. The summed E-state index contributed by atoms with van der Waals surface area (Å²) in [6, 6.07) is 3.66. The van der Waals surface area contributed by atoms with Crippen molar-refractivity contribution < 1.29 is 9.53 Å². The minimum atomic E-state index is -0.297. The van der Waals surface area contributed by atoms with Crippen molar-refractivity contribution in [3.8, 4) is 5.75 Å². The first-order chi connectivity index (χ1) is 6.56. The molecule has 0 aliphatic carbocycles. The van der Waals surface area contributed by atoms with E-state index in [0.29, 0.717) is 11.1 Å². The molecular weight excluding hydrogens is 312 g/mol. The van der Waals surface area contributed by atoms with E-state index in [4.69, 9.17) is 4.74 Å². The molecule has 1 aromatic carbocycles. The Morgan fingerprint density at radius 1 is 1.50 bits per heavy atom. The van der Waals surface area contributed by atoms with Crippen molar-refractivity contribution in [1.29, 1.82) is 0 Å². The number of hydrogen-bond donors (Lipinski definition) is 0. The van der Waals surface area contributed by atoms with Crippen molar-refractivity contribution in [1.82, 2.24) is 0 Å². The maximum atomic E-state index is 10.8. The summed E-state index contributed by atoms with van der Waals surface area (Å²) >= 11 is 6.80. The normalized spacial score (nSPS) is 10.0. The molecule has 14 heavy (non-hydrogen) atoms. The number of alkyl halides is 1. The molecular formula is C10H10Br2O2. The molecule has 4 heteroatoms. The molecule has 2 nitrogen and oxygen atoms in total. The third kappa shape index (κ3) is 2.58. The number of carbonyl (C=O) groups excluding carboxylic acids is 1. The van der Waals surface area contributed by atoms with Crippen LogP contribution in [0.1, 0.15) is 18.1 Å². The number of esters is 1. The van der Waals surface area contributed by atoms with Crippen molar-refractivity contribution >= 4 is 37.8 Å². The Morgan fingerprint density at radius 3 is 2.64 bits per heavy atom. The number of benzene rings is 1. The fourth-order valence-corrected chi connectivity index (χ4v) is 2.19. The monoisotopic (exact) mass is 320 g/mol. The SMILES string of the molecule is CC(=O)Oc1ccc(Br)c(C)c1CBr. The molecule has 0 saturated carbocycles. The third-order valence-electron chi connectivity index (χ3n) is 1.88. The average molecular weight is 322 g/mol. The van der Waals surface area contributed by atoms with Crippen LogP contribution in [0.5, 0.6) is 5.75 Å². The van der Waals surface area contributed by atoms with Crippen LogP contribution in [0.15, 0.2) is 16.6 Å². The third-order valence-corrected chi connectivity index (χ3v) is 3.30. The first-order valence-electron chi connectivity index (χ1n) is 4.08. The lowest BCUT2D eigenvalue weighted by atomic mass is 10.1. The number of halogens is 2. The van der Waals surface area contributed by atoms with E-state index in [-0.39, 0.29) is 5.97 Å². The summed E-state index contributed by atoms with van der Waals surface area (Å²) in [5.74, 6) is 0.323. The Bertz CT molecular complexity index is 361. The predicted molar refractivity (Wildman–Crippen MR) is 62.8 cm³/mol. The molecule has 0 unspecified atom stereocenters. The highest BCUT2D eigenvalue weighted by Crippen LogP contribution is 2.30. The summed E-state index contributed by atoms with van der Waals surface area (Å²) in [6.07, 6.45) is 0. The molecule has 0 saturated heterocycles. The molecule has 0 bridgehead atoms. The summed E-state index contributed by atoms with van der Waals surface area (Å²) in [5, 5.41) is 0.668. The molecule has 0 spiro atoms. The minimum absolute atomic E-state index is 0.297. The van der Waals surface area contributed by atoms with E-state index in [1.54, 1.807) is 6.07 Å². The molecule has 0 aliphatic heterocycles. The molecule has 76 valence electrons. The van der Waals surface area contributed by atoms with Gasteiger partial charge in [-0.3, -0.25) is 4.79 Å². The Hall–Kier alpha value is -0.350. The predicted octanol–water partition coefficient (Wildman–Crippen LogP) is 3.58. The van der Waals surface area contributed by atoms with Crippen LogP contribution >= 0.6 is 31.9 Å². The highest BCUT2D eigenvalue weighted by Gasteiger charge is 2.10. The van der Waals surface area contributed by atoms with E-state index in [1.807, 2.05) is 13.0 Å². The van der Waals surface area contributed by atoms with Gasteiger partial charge < -0.3 is 4.74 Å². The molecule has 0 heterocycles. The Labute approximate surface area is 99.9 Å². The van der Waals surface area contributed by atoms with E-state index in [2.05, 4.69) is 31.9 Å². The molecule has 0 fully saturated rings. The summed E-state index contributed by atoms with van der Waals surface area (Å²) in [6.45, 7) is 3.38. The quantitative estimate of drug-likeness (QED) is 0.473. The maximum Gasteiger partial charge on any atom is 0.308 e. The van der Waals surface area contributed by atoms with Gasteiger partial charge >= 0.3 is 5.97 Å². The van der Waals surface area contributed by atoms with E-state index < -0.39 is 0 Å². The maximum absolute atomic E-state index is 10.8. The fraction of sp³-hybridized carbons (Fsp3) is 0.300. The van der Waals surface area contributed by atoms with Gasteiger partial charge in [-0.15, -0.1) is 0 Å². The van der Waals surface area contributed by atoms with Crippen molar-refractivity contribution in [2.24, 2.45) is 0 Å². The number of carbonyl (C=O) groups is 1. The standard InChI is InChI=1S/C10H10Br2O2/c1-6-8(5-11)10(14-7(2)13)4-3-9(6)12/h3-4H,5H2,1-2H3. The van der Waals surface area contributed by atoms with Gasteiger partial charge in [-0.2, -0.15) is 0 Å². The van der Waals surface area contributed by atoms with Gasteiger partial charge in [0.05, 0.1) is 0 Å². The van der Waals surface area contributed by atoms with Gasteiger partial charge in [0.2, 0.25) is 0 Å².